The number of piperidine rings is 1. The molecule has 1 N–H and O–H groups in total. The third-order valence-corrected chi connectivity index (χ3v) is 4.92. The molecule has 1 aromatic carbocycles. The zero-order chi connectivity index (χ0) is 20.2. The number of rotatable bonds is 5. The van der Waals surface area contributed by atoms with Crippen LogP contribution in [0.1, 0.15) is 32.3 Å². The fraction of sp³-hybridized carbons (Fsp3) is 0.579. The molecule has 0 saturated carbocycles. The first-order valence-corrected chi connectivity index (χ1v) is 9.19. The number of carbonyl (C=O) groups is 2. The predicted octanol–water partition coefficient (Wildman–Crippen LogP) is 3.58. The van der Waals surface area contributed by atoms with Gasteiger partial charge in [-0.25, -0.2) is 0 Å². The van der Waals surface area contributed by atoms with Crippen LogP contribution < -0.4 is 10.2 Å². The van der Waals surface area contributed by atoms with E-state index < -0.39 is 18.0 Å². The number of alkyl halides is 3. The summed E-state index contributed by atoms with van der Waals surface area (Å²) in [7, 11) is 0. The van der Waals surface area contributed by atoms with Crippen molar-refractivity contribution in [3.05, 3.63) is 23.8 Å². The van der Waals surface area contributed by atoms with Crippen molar-refractivity contribution in [1.82, 2.24) is 4.90 Å². The molecular formula is C19H26F3N3O2. The average molecular weight is 385 g/mol. The molecule has 8 heteroatoms. The second-order valence-electron chi connectivity index (χ2n) is 6.75. The summed E-state index contributed by atoms with van der Waals surface area (Å²) in [6.45, 7) is 7.56. The highest BCUT2D eigenvalue weighted by molar-refractivity contribution is 5.94. The van der Waals surface area contributed by atoms with E-state index in [1.165, 1.54) is 0 Å². The second kappa shape index (κ2) is 8.63. The van der Waals surface area contributed by atoms with Gasteiger partial charge in [-0.15, -0.1) is 0 Å². The lowest BCUT2D eigenvalue weighted by Crippen LogP contribution is -2.48. The topological polar surface area (TPSA) is 52.7 Å². The summed E-state index contributed by atoms with van der Waals surface area (Å²) < 4.78 is 37.9. The fourth-order valence-corrected chi connectivity index (χ4v) is 3.36. The van der Waals surface area contributed by atoms with Crippen LogP contribution in [0.15, 0.2) is 18.2 Å². The van der Waals surface area contributed by atoms with E-state index in [9.17, 15) is 22.8 Å². The Labute approximate surface area is 157 Å². The molecule has 1 aliphatic heterocycles. The van der Waals surface area contributed by atoms with Crippen LogP contribution in [0.3, 0.4) is 0 Å². The Morgan fingerprint density at radius 3 is 2.48 bits per heavy atom. The maximum atomic E-state index is 12.6. The Morgan fingerprint density at radius 1 is 1.26 bits per heavy atom. The summed E-state index contributed by atoms with van der Waals surface area (Å²) in [6, 6.07) is 5.70. The number of carbonyl (C=O) groups excluding carboxylic acids is 2. The minimum atomic E-state index is -4.91. The van der Waals surface area contributed by atoms with Gasteiger partial charge in [0.2, 0.25) is 5.91 Å². The molecule has 1 atom stereocenters. The van der Waals surface area contributed by atoms with E-state index in [2.05, 4.69) is 24.1 Å². The minimum absolute atomic E-state index is 0.0275. The van der Waals surface area contributed by atoms with E-state index in [0.717, 1.165) is 29.2 Å². The van der Waals surface area contributed by atoms with Gasteiger partial charge in [0.05, 0.1) is 5.92 Å². The van der Waals surface area contributed by atoms with E-state index in [1.807, 2.05) is 25.1 Å². The molecule has 5 nitrogen and oxygen atoms in total. The molecule has 2 amide bonds. The number of likely N-dealkylation sites (tertiary alicyclic amines) is 1. The van der Waals surface area contributed by atoms with Gasteiger partial charge in [0.15, 0.2) is 0 Å². The Bertz CT molecular complexity index is 687. The highest BCUT2D eigenvalue weighted by atomic mass is 19.4. The summed E-state index contributed by atoms with van der Waals surface area (Å²) in [5, 5.41) is 2.80. The number of hydrogen-bond donors (Lipinski definition) is 1. The zero-order valence-electron chi connectivity index (χ0n) is 15.9. The van der Waals surface area contributed by atoms with Crippen molar-refractivity contribution < 1.29 is 22.8 Å². The van der Waals surface area contributed by atoms with Crippen LogP contribution in [-0.2, 0) is 9.59 Å². The van der Waals surface area contributed by atoms with Crippen molar-refractivity contribution in [2.24, 2.45) is 5.92 Å². The molecule has 2 rings (SSSR count). The van der Waals surface area contributed by atoms with E-state index >= 15 is 0 Å². The standard InChI is InChI=1S/C19H26F3N3O2/c1-4-24(5-2)15-8-9-16(13(3)11-15)23-17(26)14-7-6-10-25(12-14)18(27)19(20,21)22/h8-9,11,14H,4-7,10,12H2,1-3H3,(H,23,26). The Balaban J connectivity index is 2.05. The summed E-state index contributed by atoms with van der Waals surface area (Å²) >= 11 is 0. The Kier molecular flexibility index (Phi) is 6.73. The highest BCUT2D eigenvalue weighted by Crippen LogP contribution is 2.26. The first-order valence-electron chi connectivity index (χ1n) is 9.19. The first kappa shape index (κ1) is 21.1. The van der Waals surface area contributed by atoms with Gasteiger partial charge in [-0.3, -0.25) is 9.59 Å². The number of benzene rings is 1. The van der Waals surface area contributed by atoms with Gasteiger partial charge in [-0.2, -0.15) is 13.2 Å². The molecule has 1 aromatic rings. The molecule has 0 radical (unpaired) electrons. The van der Waals surface area contributed by atoms with Gasteiger partial charge >= 0.3 is 12.1 Å². The molecule has 1 unspecified atom stereocenters. The van der Waals surface area contributed by atoms with Gasteiger partial charge in [0, 0.05) is 37.6 Å². The molecule has 1 saturated heterocycles. The van der Waals surface area contributed by atoms with Crippen LogP contribution >= 0.6 is 0 Å². The smallest absolute Gasteiger partial charge is 0.372 e. The molecule has 1 heterocycles. The number of amides is 2. The molecular weight excluding hydrogens is 359 g/mol. The highest BCUT2D eigenvalue weighted by Gasteiger charge is 2.44. The summed E-state index contributed by atoms with van der Waals surface area (Å²) in [5.74, 6) is -2.87. The number of aryl methyl sites for hydroxylation is 1. The lowest BCUT2D eigenvalue weighted by atomic mass is 9.96. The van der Waals surface area contributed by atoms with Crippen molar-refractivity contribution in [3.8, 4) is 0 Å². The maximum absolute atomic E-state index is 12.6. The SMILES string of the molecule is CCN(CC)c1ccc(NC(=O)C2CCCN(C(=O)C(F)(F)F)C2)c(C)c1. The zero-order valence-corrected chi connectivity index (χ0v) is 15.9. The summed E-state index contributed by atoms with van der Waals surface area (Å²) in [5.41, 5.74) is 2.57. The van der Waals surface area contributed by atoms with Gasteiger partial charge in [-0.05, 0) is 57.4 Å². The first-order chi connectivity index (χ1) is 12.7. The quantitative estimate of drug-likeness (QED) is 0.843. The van der Waals surface area contributed by atoms with Crippen molar-refractivity contribution in [1.29, 1.82) is 0 Å². The van der Waals surface area contributed by atoms with E-state index in [4.69, 9.17) is 0 Å². The molecule has 0 spiro atoms. The average Bonchev–Trinajstić information content (AvgIpc) is 2.63. The van der Waals surface area contributed by atoms with Crippen LogP contribution in [0.25, 0.3) is 0 Å². The predicted molar refractivity (Wildman–Crippen MR) is 98.7 cm³/mol. The maximum Gasteiger partial charge on any atom is 0.471 e. The van der Waals surface area contributed by atoms with Crippen LogP contribution in [-0.4, -0.2) is 49.1 Å². The molecule has 0 bridgehead atoms. The van der Waals surface area contributed by atoms with E-state index in [0.29, 0.717) is 18.5 Å². The Hall–Kier alpha value is -2.25. The molecule has 0 aromatic heterocycles. The minimum Gasteiger partial charge on any atom is -0.372 e. The number of nitrogens with zero attached hydrogens (tertiary/aromatic N) is 2. The largest absolute Gasteiger partial charge is 0.471 e. The van der Waals surface area contributed by atoms with Crippen molar-refractivity contribution in [2.75, 3.05) is 36.4 Å². The second-order valence-corrected chi connectivity index (χ2v) is 6.75. The molecule has 27 heavy (non-hydrogen) atoms. The molecule has 1 fully saturated rings. The van der Waals surface area contributed by atoms with Crippen LogP contribution in [0.5, 0.6) is 0 Å². The van der Waals surface area contributed by atoms with Crippen LogP contribution in [0.2, 0.25) is 0 Å². The third-order valence-electron chi connectivity index (χ3n) is 4.92. The third kappa shape index (κ3) is 5.14. The molecule has 1 aliphatic rings. The Morgan fingerprint density at radius 2 is 1.93 bits per heavy atom. The number of nitrogens with one attached hydrogen (secondary N) is 1. The summed E-state index contributed by atoms with van der Waals surface area (Å²) in [6.07, 6.45) is -4.07. The van der Waals surface area contributed by atoms with Gasteiger partial charge < -0.3 is 15.1 Å². The normalized spacial score (nSPS) is 17.6. The van der Waals surface area contributed by atoms with Gasteiger partial charge in [0.1, 0.15) is 0 Å². The van der Waals surface area contributed by atoms with Crippen molar-refractivity contribution >= 4 is 23.2 Å². The number of hydrogen-bond acceptors (Lipinski definition) is 3. The number of anilines is 2. The molecule has 150 valence electrons. The molecule has 0 aliphatic carbocycles. The fourth-order valence-electron chi connectivity index (χ4n) is 3.36. The van der Waals surface area contributed by atoms with Gasteiger partial charge in [0.25, 0.3) is 0 Å². The lowest BCUT2D eigenvalue weighted by Gasteiger charge is -2.32. The van der Waals surface area contributed by atoms with Crippen molar-refractivity contribution in [3.63, 3.8) is 0 Å². The van der Waals surface area contributed by atoms with Gasteiger partial charge in [-0.1, -0.05) is 0 Å². The lowest BCUT2D eigenvalue weighted by molar-refractivity contribution is -0.187. The van der Waals surface area contributed by atoms with E-state index in [1.54, 1.807) is 0 Å². The summed E-state index contributed by atoms with van der Waals surface area (Å²) in [4.78, 5) is 26.9. The van der Waals surface area contributed by atoms with Crippen LogP contribution in [0, 0.1) is 12.8 Å². The van der Waals surface area contributed by atoms with Crippen LogP contribution in [0.4, 0.5) is 24.5 Å². The monoisotopic (exact) mass is 385 g/mol. The van der Waals surface area contributed by atoms with Crippen molar-refractivity contribution in [2.45, 2.75) is 39.8 Å². The van der Waals surface area contributed by atoms with E-state index in [-0.39, 0.29) is 19.0 Å². The number of halogens is 3.